The molecule has 2 aromatic carbocycles. The van der Waals surface area contributed by atoms with Crippen LogP contribution in [-0.4, -0.2) is 80.0 Å². The molecule has 5 rings (SSSR count). The van der Waals surface area contributed by atoms with Crippen molar-refractivity contribution in [3.05, 3.63) is 61.1 Å². The monoisotopic (exact) mass is 666 g/mol. The average molecular weight is 667 g/mol. The van der Waals surface area contributed by atoms with Gasteiger partial charge in [-0.05, 0) is 50.1 Å². The summed E-state index contributed by atoms with van der Waals surface area (Å²) >= 11 is 0. The molecule has 1 saturated heterocycles. The fourth-order valence-electron chi connectivity index (χ4n) is 5.51. The normalized spacial score (nSPS) is 15.6. The minimum absolute atomic E-state index is 0. The van der Waals surface area contributed by atoms with E-state index in [1.807, 2.05) is 48.6 Å². The Morgan fingerprint density at radius 2 is 1.76 bits per heavy atom. The van der Waals surface area contributed by atoms with Gasteiger partial charge in [-0.2, -0.15) is 31.8 Å². The van der Waals surface area contributed by atoms with Crippen molar-refractivity contribution in [3.8, 4) is 22.6 Å². The third kappa shape index (κ3) is 8.01. The van der Waals surface area contributed by atoms with Gasteiger partial charge in [0.2, 0.25) is 0 Å². The molecule has 4 aromatic rings. The number of fused-ring (bicyclic) bond motifs is 1. The van der Waals surface area contributed by atoms with Gasteiger partial charge in [-0.15, -0.1) is 0 Å². The molecule has 0 amide bonds. The highest BCUT2D eigenvalue weighted by atomic mass is 32.2. The standard InChI is InChI=1S/C30H35F3N6O4S.H2S/c1-37-20-23(18-35-37)22-12-21-13-24(7-8-29(21)34-17-22)39(26-14-27(42-2)16-28(15-26)43-3)11-5-10-38-9-4-6-25(38)19-36-44(40,41)30(31,32)33;/h7-8,12-18,20,25,36H,4-6,9-11,19H2,1-3H3;1H2. The van der Waals surface area contributed by atoms with E-state index < -0.39 is 15.5 Å². The van der Waals surface area contributed by atoms with Crippen molar-refractivity contribution < 1.29 is 31.1 Å². The molecule has 1 aliphatic rings. The van der Waals surface area contributed by atoms with Crippen molar-refractivity contribution in [2.24, 2.45) is 7.05 Å². The van der Waals surface area contributed by atoms with Crippen LogP contribution in [0.25, 0.3) is 22.0 Å². The maximum absolute atomic E-state index is 12.8. The van der Waals surface area contributed by atoms with Gasteiger partial charge >= 0.3 is 15.5 Å². The molecule has 0 aliphatic carbocycles. The van der Waals surface area contributed by atoms with Crippen LogP contribution in [0.5, 0.6) is 11.5 Å². The fourth-order valence-corrected chi connectivity index (χ4v) is 6.09. The molecule has 1 unspecified atom stereocenters. The van der Waals surface area contributed by atoms with E-state index in [4.69, 9.17) is 9.47 Å². The number of benzene rings is 2. The van der Waals surface area contributed by atoms with Crippen molar-refractivity contribution in [1.82, 2.24) is 24.4 Å². The third-order valence-electron chi connectivity index (χ3n) is 7.80. The van der Waals surface area contributed by atoms with Crippen molar-refractivity contribution >= 4 is 45.8 Å². The first kappa shape index (κ1) is 34.3. The number of pyridine rings is 1. The molecule has 0 radical (unpaired) electrons. The Kier molecular flexibility index (Phi) is 10.9. The number of anilines is 2. The molecule has 1 fully saturated rings. The Hall–Kier alpha value is -3.53. The number of alkyl halides is 3. The van der Waals surface area contributed by atoms with E-state index in [1.165, 1.54) is 0 Å². The smallest absolute Gasteiger partial charge is 0.497 e. The summed E-state index contributed by atoms with van der Waals surface area (Å²) in [4.78, 5) is 8.83. The van der Waals surface area contributed by atoms with Gasteiger partial charge in [0.25, 0.3) is 0 Å². The zero-order chi connectivity index (χ0) is 31.5. The molecule has 1 N–H and O–H groups in total. The van der Waals surface area contributed by atoms with Gasteiger partial charge in [0.15, 0.2) is 0 Å². The predicted molar refractivity (Wildman–Crippen MR) is 173 cm³/mol. The van der Waals surface area contributed by atoms with Gasteiger partial charge in [-0.25, -0.2) is 13.1 Å². The highest BCUT2D eigenvalue weighted by molar-refractivity contribution is 7.90. The van der Waals surface area contributed by atoms with Crippen LogP contribution in [0, 0.1) is 0 Å². The van der Waals surface area contributed by atoms with Crippen LogP contribution in [-0.2, 0) is 17.1 Å². The molecule has 1 atom stereocenters. The lowest BCUT2D eigenvalue weighted by Gasteiger charge is -2.29. The number of halogens is 3. The lowest BCUT2D eigenvalue weighted by Crippen LogP contribution is -2.44. The van der Waals surface area contributed by atoms with Crippen LogP contribution in [0.2, 0.25) is 0 Å². The number of hydrogen-bond donors (Lipinski definition) is 1. The molecule has 45 heavy (non-hydrogen) atoms. The maximum atomic E-state index is 12.8. The molecule has 0 bridgehead atoms. The number of sulfonamides is 1. The Morgan fingerprint density at radius 3 is 2.40 bits per heavy atom. The average Bonchev–Trinajstić information content (AvgIpc) is 3.65. The van der Waals surface area contributed by atoms with Crippen LogP contribution in [0.3, 0.4) is 0 Å². The van der Waals surface area contributed by atoms with Gasteiger partial charge < -0.3 is 14.4 Å². The number of likely N-dealkylation sites (tertiary alicyclic amines) is 1. The van der Waals surface area contributed by atoms with E-state index >= 15 is 0 Å². The molecule has 10 nitrogen and oxygen atoms in total. The summed E-state index contributed by atoms with van der Waals surface area (Å²) in [5, 5.41) is 5.21. The van der Waals surface area contributed by atoms with Gasteiger partial charge in [0, 0.05) is 91.2 Å². The van der Waals surface area contributed by atoms with Gasteiger partial charge in [-0.3, -0.25) is 14.6 Å². The Balaban J connectivity index is 0.00000461. The van der Waals surface area contributed by atoms with Crippen molar-refractivity contribution in [1.29, 1.82) is 0 Å². The van der Waals surface area contributed by atoms with Gasteiger partial charge in [0.1, 0.15) is 11.5 Å². The predicted octanol–water partition coefficient (Wildman–Crippen LogP) is 5.20. The number of aromatic nitrogens is 3. The van der Waals surface area contributed by atoms with Crippen LogP contribution < -0.4 is 19.1 Å². The van der Waals surface area contributed by atoms with Gasteiger partial charge in [-0.1, -0.05) is 0 Å². The van der Waals surface area contributed by atoms with E-state index in [1.54, 1.807) is 35.9 Å². The molecule has 15 heteroatoms. The highest BCUT2D eigenvalue weighted by Gasteiger charge is 2.46. The molecule has 244 valence electrons. The topological polar surface area (TPSA) is 102 Å². The lowest BCUT2D eigenvalue weighted by atomic mass is 10.1. The minimum atomic E-state index is -5.38. The highest BCUT2D eigenvalue weighted by Crippen LogP contribution is 2.35. The number of ether oxygens (including phenoxy) is 2. The SMILES string of the molecule is COc1cc(OC)cc(N(CCCN2CCCC2CNS(=O)(=O)C(F)(F)F)c2ccc3ncc(-c4cnn(C)c4)cc3c2)c1.S. The zero-order valence-electron chi connectivity index (χ0n) is 25.2. The third-order valence-corrected chi connectivity index (χ3v) is 8.96. The maximum Gasteiger partial charge on any atom is 0.511 e. The van der Waals surface area contributed by atoms with E-state index in [0.717, 1.165) is 39.8 Å². The molecular formula is C30H37F3N6O4S2. The van der Waals surface area contributed by atoms with E-state index in [9.17, 15) is 21.6 Å². The number of rotatable bonds is 12. The largest absolute Gasteiger partial charge is 0.511 e. The summed E-state index contributed by atoms with van der Waals surface area (Å²) in [5.74, 6) is 1.25. The minimum Gasteiger partial charge on any atom is -0.497 e. The molecular weight excluding hydrogens is 629 g/mol. The Morgan fingerprint density at radius 1 is 1.02 bits per heavy atom. The van der Waals surface area contributed by atoms with Crippen molar-refractivity contribution in [2.45, 2.75) is 30.8 Å². The number of hydrogen-bond acceptors (Lipinski definition) is 8. The van der Waals surface area contributed by atoms with Crippen LogP contribution >= 0.6 is 13.5 Å². The fraction of sp³-hybridized carbons (Fsp3) is 0.400. The first-order valence-corrected chi connectivity index (χ1v) is 15.6. The molecule has 2 aromatic heterocycles. The molecule has 3 heterocycles. The molecule has 0 spiro atoms. The number of nitrogens with one attached hydrogen (secondary N) is 1. The van der Waals surface area contributed by atoms with Crippen LogP contribution in [0.4, 0.5) is 24.5 Å². The van der Waals surface area contributed by atoms with Crippen molar-refractivity contribution in [2.75, 3.05) is 45.3 Å². The van der Waals surface area contributed by atoms with E-state index in [-0.39, 0.29) is 26.1 Å². The first-order chi connectivity index (χ1) is 21.0. The second-order valence-electron chi connectivity index (χ2n) is 10.7. The first-order valence-electron chi connectivity index (χ1n) is 14.2. The lowest BCUT2D eigenvalue weighted by molar-refractivity contribution is -0.0448. The van der Waals surface area contributed by atoms with Crippen LogP contribution in [0.15, 0.2) is 61.1 Å². The Bertz CT molecular complexity index is 1700. The number of methoxy groups -OCH3 is 2. The zero-order valence-corrected chi connectivity index (χ0v) is 27.0. The second kappa shape index (κ2) is 14.3. The van der Waals surface area contributed by atoms with E-state index in [0.29, 0.717) is 44.0 Å². The summed E-state index contributed by atoms with van der Waals surface area (Å²) in [7, 11) is -0.344. The van der Waals surface area contributed by atoms with Crippen molar-refractivity contribution in [3.63, 3.8) is 0 Å². The quantitative estimate of drug-likeness (QED) is 0.220. The Labute approximate surface area is 267 Å². The van der Waals surface area contributed by atoms with E-state index in [2.05, 4.69) is 27.1 Å². The van der Waals surface area contributed by atoms with Gasteiger partial charge in [0.05, 0.1) is 25.9 Å². The number of aryl methyl sites for hydroxylation is 1. The molecule has 1 aliphatic heterocycles. The summed E-state index contributed by atoms with van der Waals surface area (Å²) in [5.41, 5.74) is -0.839. The summed E-state index contributed by atoms with van der Waals surface area (Å²) in [6, 6.07) is 13.4. The molecule has 0 saturated carbocycles. The number of nitrogens with zero attached hydrogens (tertiary/aromatic N) is 5. The summed E-state index contributed by atoms with van der Waals surface area (Å²) < 4.78 is 76.1. The summed E-state index contributed by atoms with van der Waals surface area (Å²) in [6.45, 7) is 1.55. The van der Waals surface area contributed by atoms with Crippen LogP contribution in [0.1, 0.15) is 19.3 Å². The summed E-state index contributed by atoms with van der Waals surface area (Å²) in [6.07, 6.45) is 7.61. The second-order valence-corrected chi connectivity index (χ2v) is 12.5.